The predicted octanol–water partition coefficient (Wildman–Crippen LogP) is 1.03. The van der Waals surface area contributed by atoms with Crippen LogP contribution in [0.5, 0.6) is 0 Å². The second-order valence-corrected chi connectivity index (χ2v) is 5.39. The molecule has 6 heteroatoms. The van der Waals surface area contributed by atoms with Crippen molar-refractivity contribution in [1.29, 1.82) is 0 Å². The Balaban J connectivity index is 2.15. The molecule has 5 nitrogen and oxygen atoms in total. The van der Waals surface area contributed by atoms with Gasteiger partial charge in [0.05, 0.1) is 6.54 Å². The Hall–Kier alpha value is -0.720. The van der Waals surface area contributed by atoms with Crippen molar-refractivity contribution in [2.45, 2.75) is 40.3 Å². The summed E-state index contributed by atoms with van der Waals surface area (Å²) in [4.78, 5) is 0. The van der Waals surface area contributed by atoms with Gasteiger partial charge in [0.15, 0.2) is 0 Å². The van der Waals surface area contributed by atoms with Crippen molar-refractivity contribution in [1.82, 2.24) is 9.29 Å². The molecule has 0 aliphatic carbocycles. The molecular weight excluding hydrogens is 250 g/mol. The summed E-state index contributed by atoms with van der Waals surface area (Å²) in [5.41, 5.74) is 0. The molecule has 18 heavy (non-hydrogen) atoms. The van der Waals surface area contributed by atoms with Gasteiger partial charge in [-0.3, -0.25) is 4.18 Å². The standard InChI is InChI=1S/C12H24N3O2S/c1-4-12(3)10-13-18(16)17-9-8-15-7-6-14(5-2)11-15/h6-7,11-13H,4-5,8-10H2,1-3H3/q+1. The first-order valence-electron chi connectivity index (χ1n) is 6.49. The maximum absolute atomic E-state index is 11.5. The zero-order chi connectivity index (χ0) is 13.4. The van der Waals surface area contributed by atoms with Crippen LogP contribution in [-0.4, -0.2) is 21.9 Å². The molecule has 0 aliphatic heterocycles. The van der Waals surface area contributed by atoms with Gasteiger partial charge < -0.3 is 0 Å². The number of nitrogens with zero attached hydrogens (tertiary/aromatic N) is 2. The Morgan fingerprint density at radius 3 is 2.89 bits per heavy atom. The van der Waals surface area contributed by atoms with Crippen molar-refractivity contribution in [3.63, 3.8) is 0 Å². The van der Waals surface area contributed by atoms with Crippen molar-refractivity contribution in [2.24, 2.45) is 5.92 Å². The van der Waals surface area contributed by atoms with E-state index in [9.17, 15) is 4.21 Å². The predicted molar refractivity (Wildman–Crippen MR) is 71.9 cm³/mol. The lowest BCUT2D eigenvalue weighted by molar-refractivity contribution is -0.697. The highest BCUT2D eigenvalue weighted by Gasteiger charge is 2.05. The molecule has 0 amide bonds. The normalized spacial score (nSPS) is 14.6. The van der Waals surface area contributed by atoms with Gasteiger partial charge in [0, 0.05) is 6.54 Å². The largest absolute Gasteiger partial charge is 0.274 e. The van der Waals surface area contributed by atoms with Crippen LogP contribution in [0.15, 0.2) is 18.7 Å². The van der Waals surface area contributed by atoms with E-state index < -0.39 is 11.3 Å². The molecule has 2 unspecified atom stereocenters. The Labute approximate surface area is 112 Å². The molecule has 0 bridgehead atoms. The SMILES string of the molecule is CCC(C)CNS(=O)OCC[n+]1ccn(CC)c1. The first kappa shape index (κ1) is 15.3. The first-order chi connectivity index (χ1) is 8.65. The van der Waals surface area contributed by atoms with Crippen LogP contribution in [0.1, 0.15) is 27.2 Å². The Bertz CT molecular complexity index is 368. The third kappa shape index (κ3) is 5.75. The van der Waals surface area contributed by atoms with E-state index in [1.54, 1.807) is 0 Å². The average molecular weight is 274 g/mol. The summed E-state index contributed by atoms with van der Waals surface area (Å²) in [6.07, 6.45) is 7.09. The molecule has 1 aromatic heterocycles. The summed E-state index contributed by atoms with van der Waals surface area (Å²) in [7, 11) is 0. The van der Waals surface area contributed by atoms with Gasteiger partial charge in [-0.2, -0.15) is 0 Å². The van der Waals surface area contributed by atoms with Crippen LogP contribution in [0.2, 0.25) is 0 Å². The molecule has 1 aromatic rings. The zero-order valence-electron chi connectivity index (χ0n) is 11.5. The van der Waals surface area contributed by atoms with Crippen LogP contribution in [-0.2, 0) is 28.5 Å². The molecule has 0 saturated heterocycles. The second-order valence-electron chi connectivity index (χ2n) is 4.40. The molecule has 104 valence electrons. The molecule has 0 fully saturated rings. The quantitative estimate of drug-likeness (QED) is 0.684. The third-order valence-corrected chi connectivity index (χ3v) is 3.68. The number of aromatic nitrogens is 2. The minimum Gasteiger partial charge on any atom is -0.274 e. The maximum Gasteiger partial charge on any atom is 0.243 e. The van der Waals surface area contributed by atoms with Crippen molar-refractivity contribution in [3.8, 4) is 0 Å². The summed E-state index contributed by atoms with van der Waals surface area (Å²) < 4.78 is 23.7. The van der Waals surface area contributed by atoms with Gasteiger partial charge in [-0.15, -0.1) is 0 Å². The molecule has 0 spiro atoms. The fourth-order valence-electron chi connectivity index (χ4n) is 1.37. The highest BCUT2D eigenvalue weighted by molar-refractivity contribution is 7.78. The molecule has 1 rings (SSSR count). The van der Waals surface area contributed by atoms with Crippen LogP contribution >= 0.6 is 0 Å². The Kier molecular flexibility index (Phi) is 7.15. The fourth-order valence-corrected chi connectivity index (χ4v) is 2.10. The molecular formula is C12H24N3O2S+. The summed E-state index contributed by atoms with van der Waals surface area (Å²) in [5.74, 6) is 0.519. The lowest BCUT2D eigenvalue weighted by Gasteiger charge is -2.08. The highest BCUT2D eigenvalue weighted by atomic mass is 32.2. The highest BCUT2D eigenvalue weighted by Crippen LogP contribution is 1.97. The van der Waals surface area contributed by atoms with E-state index in [-0.39, 0.29) is 0 Å². The molecule has 0 aromatic carbocycles. The topological polar surface area (TPSA) is 47.1 Å². The summed E-state index contributed by atoms with van der Waals surface area (Å²) in [6.45, 7) is 9.16. The van der Waals surface area contributed by atoms with E-state index in [1.165, 1.54) is 0 Å². The van der Waals surface area contributed by atoms with Crippen LogP contribution in [0.25, 0.3) is 0 Å². The number of rotatable bonds is 9. The van der Waals surface area contributed by atoms with Crippen molar-refractivity contribution < 1.29 is 13.0 Å². The van der Waals surface area contributed by atoms with Crippen molar-refractivity contribution in [3.05, 3.63) is 18.7 Å². The molecule has 1 N–H and O–H groups in total. The van der Waals surface area contributed by atoms with E-state index in [2.05, 4.69) is 30.1 Å². The first-order valence-corrected chi connectivity index (χ1v) is 7.56. The third-order valence-electron chi connectivity index (χ3n) is 2.90. The number of hydrogen-bond acceptors (Lipinski definition) is 2. The Morgan fingerprint density at radius 1 is 1.50 bits per heavy atom. The van der Waals surface area contributed by atoms with Crippen molar-refractivity contribution in [2.75, 3.05) is 13.2 Å². The van der Waals surface area contributed by atoms with E-state index in [1.807, 2.05) is 23.3 Å². The molecule has 0 radical (unpaired) electrons. The van der Waals surface area contributed by atoms with E-state index >= 15 is 0 Å². The smallest absolute Gasteiger partial charge is 0.243 e. The summed E-state index contributed by atoms with van der Waals surface area (Å²) in [5, 5.41) is 0. The minimum atomic E-state index is -1.38. The lowest BCUT2D eigenvalue weighted by Crippen LogP contribution is -2.35. The van der Waals surface area contributed by atoms with Crippen LogP contribution in [0.4, 0.5) is 0 Å². The summed E-state index contributed by atoms with van der Waals surface area (Å²) in [6, 6.07) is 0. The van der Waals surface area contributed by atoms with Gasteiger partial charge in [0.1, 0.15) is 25.5 Å². The number of hydrogen-bond donors (Lipinski definition) is 1. The van der Waals surface area contributed by atoms with Gasteiger partial charge in [0.25, 0.3) is 0 Å². The Morgan fingerprint density at radius 2 is 2.28 bits per heavy atom. The maximum atomic E-state index is 11.5. The van der Waals surface area contributed by atoms with Gasteiger partial charge in [-0.05, 0) is 12.8 Å². The van der Waals surface area contributed by atoms with Gasteiger partial charge in [-0.1, -0.05) is 20.3 Å². The zero-order valence-corrected chi connectivity index (χ0v) is 12.3. The molecule has 0 aliphatic rings. The number of aryl methyl sites for hydroxylation is 1. The van der Waals surface area contributed by atoms with Gasteiger partial charge in [0.2, 0.25) is 17.6 Å². The number of nitrogens with one attached hydrogen (secondary N) is 1. The molecule has 0 saturated carbocycles. The fraction of sp³-hybridized carbons (Fsp3) is 0.750. The second kappa shape index (κ2) is 8.39. The van der Waals surface area contributed by atoms with Crippen LogP contribution < -0.4 is 9.29 Å². The van der Waals surface area contributed by atoms with Gasteiger partial charge in [-0.25, -0.2) is 18.1 Å². The number of imidazole rings is 1. The summed E-state index contributed by atoms with van der Waals surface area (Å²) >= 11 is -1.38. The van der Waals surface area contributed by atoms with E-state index in [4.69, 9.17) is 4.18 Å². The average Bonchev–Trinajstić information content (AvgIpc) is 2.83. The van der Waals surface area contributed by atoms with Crippen LogP contribution in [0, 0.1) is 5.92 Å². The lowest BCUT2D eigenvalue weighted by atomic mass is 10.1. The monoisotopic (exact) mass is 274 g/mol. The van der Waals surface area contributed by atoms with E-state index in [0.717, 1.165) is 19.5 Å². The molecule has 1 heterocycles. The van der Waals surface area contributed by atoms with E-state index in [0.29, 0.717) is 19.1 Å². The van der Waals surface area contributed by atoms with Crippen molar-refractivity contribution >= 4 is 11.3 Å². The van der Waals surface area contributed by atoms with Crippen LogP contribution in [0.3, 0.4) is 0 Å². The molecule has 2 atom stereocenters. The minimum absolute atomic E-state index is 0.443. The van der Waals surface area contributed by atoms with Gasteiger partial charge >= 0.3 is 0 Å².